The van der Waals surface area contributed by atoms with Crippen molar-refractivity contribution in [3.8, 4) is 0 Å². The van der Waals surface area contributed by atoms with Gasteiger partial charge in [-0.1, -0.05) is 38.3 Å². The van der Waals surface area contributed by atoms with E-state index in [0.717, 1.165) is 18.4 Å². The first-order chi connectivity index (χ1) is 8.50. The fraction of sp³-hybridized carbons (Fsp3) is 0.600. The molecule has 0 bridgehead atoms. The highest BCUT2D eigenvalue weighted by atomic mass is 35.5. The lowest BCUT2D eigenvalue weighted by molar-refractivity contribution is -0.127. The molecule has 2 rings (SSSR count). The first-order valence-corrected chi connectivity index (χ1v) is 6.99. The van der Waals surface area contributed by atoms with Crippen molar-refractivity contribution in [3.63, 3.8) is 0 Å². The van der Waals surface area contributed by atoms with Gasteiger partial charge in [-0.05, 0) is 29.9 Å². The number of carbonyl (C=O) groups excluding carboxylic acids is 1. The molecule has 0 aliphatic heterocycles. The molecular weight excluding hydrogens is 246 g/mol. The summed E-state index contributed by atoms with van der Waals surface area (Å²) >= 11 is 6.06. The Morgan fingerprint density at radius 3 is 2.94 bits per heavy atom. The van der Waals surface area contributed by atoms with Crippen LogP contribution < -0.4 is 0 Å². The van der Waals surface area contributed by atoms with E-state index in [4.69, 9.17) is 11.6 Å². The van der Waals surface area contributed by atoms with Crippen molar-refractivity contribution >= 4 is 17.4 Å². The smallest absolute Gasteiger partial charge is 0.140 e. The average Bonchev–Trinajstić information content (AvgIpc) is 2.31. The Labute approximate surface area is 114 Å². The van der Waals surface area contributed by atoms with E-state index in [0.29, 0.717) is 17.2 Å². The van der Waals surface area contributed by atoms with E-state index in [2.05, 4.69) is 18.8 Å². The van der Waals surface area contributed by atoms with E-state index in [-0.39, 0.29) is 11.3 Å². The third-order valence-corrected chi connectivity index (χ3v) is 4.46. The third kappa shape index (κ3) is 2.92. The Balaban J connectivity index is 2.10. The molecule has 3 heteroatoms. The fourth-order valence-corrected chi connectivity index (χ4v) is 3.14. The fourth-order valence-electron chi connectivity index (χ4n) is 2.95. The van der Waals surface area contributed by atoms with Gasteiger partial charge in [0.1, 0.15) is 5.78 Å². The molecule has 18 heavy (non-hydrogen) atoms. The van der Waals surface area contributed by atoms with Crippen LogP contribution in [0, 0.1) is 11.3 Å². The van der Waals surface area contributed by atoms with Gasteiger partial charge in [-0.3, -0.25) is 9.78 Å². The second-order valence-electron chi connectivity index (χ2n) is 5.90. The quantitative estimate of drug-likeness (QED) is 0.825. The molecule has 1 aliphatic rings. The Morgan fingerprint density at radius 2 is 2.28 bits per heavy atom. The van der Waals surface area contributed by atoms with Crippen LogP contribution >= 0.6 is 11.6 Å². The maximum absolute atomic E-state index is 12.5. The van der Waals surface area contributed by atoms with Crippen molar-refractivity contribution in [2.24, 2.45) is 11.3 Å². The lowest BCUT2D eigenvalue weighted by Crippen LogP contribution is -2.34. The van der Waals surface area contributed by atoms with E-state index in [9.17, 15) is 4.79 Å². The van der Waals surface area contributed by atoms with E-state index in [1.165, 1.54) is 12.8 Å². The number of carbonyl (C=O) groups is 1. The first-order valence-electron chi connectivity index (χ1n) is 6.62. The van der Waals surface area contributed by atoms with Gasteiger partial charge < -0.3 is 0 Å². The molecule has 1 heterocycles. The van der Waals surface area contributed by atoms with Gasteiger partial charge >= 0.3 is 0 Å². The largest absolute Gasteiger partial charge is 0.299 e. The topological polar surface area (TPSA) is 30.0 Å². The minimum absolute atomic E-state index is 0.134. The molecule has 0 aromatic carbocycles. The number of rotatable bonds is 3. The predicted molar refractivity (Wildman–Crippen MR) is 73.7 cm³/mol. The standard InChI is InChI=1S/C15H20ClNO/c1-15(2)7-4-3-5-12(15)14(18)9-11-6-8-17-10-13(11)16/h6,8,10,12H,3-5,7,9H2,1-2H3. The van der Waals surface area contributed by atoms with E-state index >= 15 is 0 Å². The maximum atomic E-state index is 12.5. The normalized spacial score (nSPS) is 22.7. The molecule has 1 unspecified atom stereocenters. The van der Waals surface area contributed by atoms with Crippen molar-refractivity contribution < 1.29 is 4.79 Å². The summed E-state index contributed by atoms with van der Waals surface area (Å²) in [5.41, 5.74) is 1.03. The molecule has 1 aromatic rings. The zero-order chi connectivity index (χ0) is 13.2. The lowest BCUT2D eigenvalue weighted by atomic mass is 9.66. The van der Waals surface area contributed by atoms with Crippen LogP contribution in [-0.4, -0.2) is 10.8 Å². The molecule has 1 saturated carbocycles. The zero-order valence-corrected chi connectivity index (χ0v) is 11.8. The molecule has 2 nitrogen and oxygen atoms in total. The van der Waals surface area contributed by atoms with Crippen LogP contribution in [0.25, 0.3) is 0 Å². The molecule has 1 fully saturated rings. The van der Waals surface area contributed by atoms with Gasteiger partial charge in [-0.25, -0.2) is 0 Å². The lowest BCUT2D eigenvalue weighted by Gasteiger charge is -2.37. The second kappa shape index (κ2) is 5.40. The van der Waals surface area contributed by atoms with Gasteiger partial charge in [0.25, 0.3) is 0 Å². The predicted octanol–water partition coefficient (Wildman–Crippen LogP) is 4.06. The van der Waals surface area contributed by atoms with Gasteiger partial charge in [0.15, 0.2) is 0 Å². The van der Waals surface area contributed by atoms with Gasteiger partial charge in [0.05, 0.1) is 5.02 Å². The van der Waals surface area contributed by atoms with Gasteiger partial charge in [-0.2, -0.15) is 0 Å². The summed E-state index contributed by atoms with van der Waals surface area (Å²) in [6.45, 7) is 4.42. The number of nitrogens with zero attached hydrogens (tertiary/aromatic N) is 1. The SMILES string of the molecule is CC1(C)CCCCC1C(=O)Cc1ccncc1Cl. The second-order valence-corrected chi connectivity index (χ2v) is 6.30. The summed E-state index contributed by atoms with van der Waals surface area (Å²) in [4.78, 5) is 16.4. The number of hydrogen-bond acceptors (Lipinski definition) is 2. The van der Waals surface area contributed by atoms with Crippen LogP contribution in [0.5, 0.6) is 0 Å². The molecule has 98 valence electrons. The van der Waals surface area contributed by atoms with Crippen molar-refractivity contribution in [2.45, 2.75) is 46.0 Å². The molecule has 1 aromatic heterocycles. The molecular formula is C15H20ClNO. The molecule has 0 N–H and O–H groups in total. The number of hydrogen-bond donors (Lipinski definition) is 0. The number of Topliss-reactive ketones (excluding diaryl/α,β-unsaturated/α-hetero) is 1. The van der Waals surface area contributed by atoms with E-state index in [1.807, 2.05) is 6.07 Å². The van der Waals surface area contributed by atoms with Crippen LogP contribution in [-0.2, 0) is 11.2 Å². The summed E-state index contributed by atoms with van der Waals surface area (Å²) in [6, 6.07) is 1.84. The Hall–Kier alpha value is -0.890. The Bertz CT molecular complexity index is 442. The molecule has 0 amide bonds. The number of halogens is 1. The zero-order valence-electron chi connectivity index (χ0n) is 11.1. The van der Waals surface area contributed by atoms with Gasteiger partial charge in [0, 0.05) is 24.7 Å². The van der Waals surface area contributed by atoms with Crippen molar-refractivity contribution in [3.05, 3.63) is 29.0 Å². The van der Waals surface area contributed by atoms with Gasteiger partial charge in [-0.15, -0.1) is 0 Å². The van der Waals surface area contributed by atoms with Gasteiger partial charge in [0.2, 0.25) is 0 Å². The maximum Gasteiger partial charge on any atom is 0.140 e. The van der Waals surface area contributed by atoms with Crippen LogP contribution in [0.2, 0.25) is 5.02 Å². The van der Waals surface area contributed by atoms with E-state index in [1.54, 1.807) is 12.4 Å². The molecule has 0 spiro atoms. The summed E-state index contributed by atoms with van der Waals surface area (Å²) in [5.74, 6) is 0.503. The van der Waals surface area contributed by atoms with Crippen LogP contribution in [0.15, 0.2) is 18.5 Å². The molecule has 1 atom stereocenters. The van der Waals surface area contributed by atoms with Crippen LogP contribution in [0.1, 0.15) is 45.1 Å². The monoisotopic (exact) mass is 265 g/mol. The summed E-state index contributed by atoms with van der Waals surface area (Å²) in [6.07, 6.45) is 8.32. The highest BCUT2D eigenvalue weighted by Gasteiger charge is 2.36. The van der Waals surface area contributed by atoms with Crippen LogP contribution in [0.4, 0.5) is 0 Å². The van der Waals surface area contributed by atoms with Crippen molar-refractivity contribution in [1.82, 2.24) is 4.98 Å². The van der Waals surface area contributed by atoms with Crippen molar-refractivity contribution in [1.29, 1.82) is 0 Å². The van der Waals surface area contributed by atoms with Crippen molar-refractivity contribution in [2.75, 3.05) is 0 Å². The Kier molecular flexibility index (Phi) is 4.06. The highest BCUT2D eigenvalue weighted by Crippen LogP contribution is 2.41. The highest BCUT2D eigenvalue weighted by molar-refractivity contribution is 6.31. The summed E-state index contributed by atoms with van der Waals surface area (Å²) < 4.78 is 0. The molecule has 1 aliphatic carbocycles. The van der Waals surface area contributed by atoms with Crippen LogP contribution in [0.3, 0.4) is 0 Å². The van der Waals surface area contributed by atoms with E-state index < -0.39 is 0 Å². The minimum atomic E-state index is 0.134. The Morgan fingerprint density at radius 1 is 1.50 bits per heavy atom. The molecule has 0 saturated heterocycles. The molecule has 0 radical (unpaired) electrons. The number of ketones is 1. The number of pyridine rings is 1. The summed E-state index contributed by atoms with van der Waals surface area (Å²) in [7, 11) is 0. The minimum Gasteiger partial charge on any atom is -0.299 e. The first kappa shape index (κ1) is 13.5. The average molecular weight is 266 g/mol. The summed E-state index contributed by atoms with van der Waals surface area (Å²) in [5, 5.41) is 0.597. The third-order valence-electron chi connectivity index (χ3n) is 4.12. The number of aromatic nitrogens is 1.